The van der Waals surface area contributed by atoms with Crippen molar-refractivity contribution in [2.24, 2.45) is 5.41 Å². The molecule has 2 aliphatic rings. The van der Waals surface area contributed by atoms with E-state index in [9.17, 15) is 8.78 Å². The van der Waals surface area contributed by atoms with Crippen LogP contribution >= 0.6 is 12.4 Å². The Hall–Kier alpha value is -0.720. The van der Waals surface area contributed by atoms with E-state index < -0.39 is 6.55 Å². The molecule has 3 rings (SSSR count). The van der Waals surface area contributed by atoms with E-state index in [-0.39, 0.29) is 12.4 Å². The number of nitrogens with one attached hydrogen (secondary N) is 1. The maximum absolute atomic E-state index is 12.4. The first-order chi connectivity index (χ1) is 8.67. The zero-order valence-electron chi connectivity index (χ0n) is 10.7. The topological polar surface area (TPSA) is 33.1 Å². The number of likely N-dealkylation sites (tertiary alicyclic amines) is 1. The van der Waals surface area contributed by atoms with Gasteiger partial charge in [-0.2, -0.15) is 13.9 Å². The average Bonchev–Trinajstić information content (AvgIpc) is 3.03. The summed E-state index contributed by atoms with van der Waals surface area (Å²) in [6, 6.07) is 1.68. The molecule has 2 fully saturated rings. The molecule has 19 heavy (non-hydrogen) atoms. The Kier molecular flexibility index (Phi) is 4.43. The van der Waals surface area contributed by atoms with Gasteiger partial charge in [-0.3, -0.25) is 4.90 Å². The van der Waals surface area contributed by atoms with Gasteiger partial charge in [-0.05, 0) is 37.4 Å². The van der Waals surface area contributed by atoms with Gasteiger partial charge in [0.15, 0.2) is 0 Å². The van der Waals surface area contributed by atoms with Crippen molar-refractivity contribution < 1.29 is 8.78 Å². The van der Waals surface area contributed by atoms with Crippen LogP contribution in [-0.2, 0) is 6.54 Å². The number of rotatable bonds is 3. The molecule has 1 N–H and O–H groups in total. The smallest absolute Gasteiger partial charge is 0.316 e. The highest BCUT2D eigenvalue weighted by atomic mass is 35.5. The number of halogens is 3. The molecule has 1 unspecified atom stereocenters. The molecule has 0 saturated carbocycles. The summed E-state index contributed by atoms with van der Waals surface area (Å²) in [4.78, 5) is 2.32. The Morgan fingerprint density at radius 3 is 2.89 bits per heavy atom. The monoisotopic (exact) mass is 292 g/mol. The molecule has 4 nitrogen and oxygen atoms in total. The number of alkyl halides is 2. The Labute approximate surface area is 117 Å². The largest absolute Gasteiger partial charge is 0.333 e. The molecule has 1 spiro atoms. The molecular weight excluding hydrogens is 274 g/mol. The van der Waals surface area contributed by atoms with Crippen molar-refractivity contribution in [3.63, 3.8) is 0 Å². The molecule has 0 aromatic carbocycles. The molecule has 0 amide bonds. The fraction of sp³-hybridized carbons (Fsp3) is 0.750. The number of nitrogens with zero attached hydrogens (tertiary/aromatic N) is 3. The molecule has 108 valence electrons. The zero-order valence-corrected chi connectivity index (χ0v) is 11.5. The summed E-state index contributed by atoms with van der Waals surface area (Å²) in [6.45, 7) is 2.44. The van der Waals surface area contributed by atoms with E-state index in [2.05, 4.69) is 15.3 Å². The second-order valence-electron chi connectivity index (χ2n) is 5.45. The third-order valence-electron chi connectivity index (χ3n) is 4.10. The predicted octanol–water partition coefficient (Wildman–Crippen LogP) is 1.89. The van der Waals surface area contributed by atoms with Crippen LogP contribution in [0, 0.1) is 5.41 Å². The van der Waals surface area contributed by atoms with Gasteiger partial charge >= 0.3 is 6.55 Å². The molecule has 1 aromatic rings. The lowest BCUT2D eigenvalue weighted by Crippen LogP contribution is -2.29. The number of aromatic nitrogens is 2. The fourth-order valence-electron chi connectivity index (χ4n) is 3.11. The molecule has 2 saturated heterocycles. The van der Waals surface area contributed by atoms with Gasteiger partial charge in [0.2, 0.25) is 0 Å². The van der Waals surface area contributed by atoms with E-state index in [0.717, 1.165) is 36.6 Å². The van der Waals surface area contributed by atoms with Gasteiger partial charge < -0.3 is 5.32 Å². The molecule has 7 heteroatoms. The fourth-order valence-corrected chi connectivity index (χ4v) is 3.11. The number of hydrogen-bond donors (Lipinski definition) is 1. The van der Waals surface area contributed by atoms with Crippen molar-refractivity contribution in [1.82, 2.24) is 20.0 Å². The van der Waals surface area contributed by atoms with Crippen LogP contribution in [0.15, 0.2) is 12.3 Å². The van der Waals surface area contributed by atoms with Crippen molar-refractivity contribution in [2.45, 2.75) is 25.9 Å². The van der Waals surface area contributed by atoms with Crippen molar-refractivity contribution in [3.05, 3.63) is 18.0 Å². The van der Waals surface area contributed by atoms with Crippen LogP contribution in [0.1, 0.15) is 25.1 Å². The molecular formula is C12H19ClF2N4. The first-order valence-corrected chi connectivity index (χ1v) is 6.42. The zero-order chi connectivity index (χ0) is 12.6. The lowest BCUT2D eigenvalue weighted by atomic mass is 9.87. The summed E-state index contributed by atoms with van der Waals surface area (Å²) in [5, 5.41) is 7.31. The van der Waals surface area contributed by atoms with Crippen LogP contribution in [0.5, 0.6) is 0 Å². The van der Waals surface area contributed by atoms with E-state index in [0.29, 0.717) is 12.0 Å². The van der Waals surface area contributed by atoms with Crippen LogP contribution in [0.4, 0.5) is 8.78 Å². The highest BCUT2D eigenvalue weighted by Crippen LogP contribution is 2.36. The summed E-state index contributed by atoms with van der Waals surface area (Å²) in [5.41, 5.74) is 1.16. The highest BCUT2D eigenvalue weighted by Gasteiger charge is 2.40. The van der Waals surface area contributed by atoms with Crippen LogP contribution in [0.25, 0.3) is 0 Å². The maximum atomic E-state index is 12.4. The van der Waals surface area contributed by atoms with E-state index in [1.165, 1.54) is 19.0 Å². The minimum Gasteiger partial charge on any atom is -0.316 e. The summed E-state index contributed by atoms with van der Waals surface area (Å²) in [6.07, 6.45) is 3.79. The van der Waals surface area contributed by atoms with E-state index in [1.54, 1.807) is 6.07 Å². The molecule has 3 heterocycles. The van der Waals surface area contributed by atoms with E-state index in [4.69, 9.17) is 0 Å². The molecule has 1 aromatic heterocycles. The third kappa shape index (κ3) is 3.07. The minimum absolute atomic E-state index is 0. The second kappa shape index (κ2) is 5.73. The normalized spacial score (nSPS) is 27.3. The van der Waals surface area contributed by atoms with Gasteiger partial charge in [-0.25, -0.2) is 4.68 Å². The quantitative estimate of drug-likeness (QED) is 0.923. The Bertz CT molecular complexity index is 418. The van der Waals surface area contributed by atoms with Crippen molar-refractivity contribution in [2.75, 3.05) is 26.2 Å². The van der Waals surface area contributed by atoms with Crippen LogP contribution in [-0.4, -0.2) is 40.9 Å². The standard InChI is InChI=1S/C12H18F2N4.ClH/c13-11(14)18-5-1-10(16-18)7-17-6-3-12(9-17)2-4-15-8-12;/h1,5,11,15H,2-4,6-9H2;1H. The summed E-state index contributed by atoms with van der Waals surface area (Å²) in [5.74, 6) is 0. The summed E-state index contributed by atoms with van der Waals surface area (Å²) in [7, 11) is 0. The van der Waals surface area contributed by atoms with Crippen LogP contribution in [0.3, 0.4) is 0 Å². The number of hydrogen-bond acceptors (Lipinski definition) is 3. The average molecular weight is 293 g/mol. The Morgan fingerprint density at radius 2 is 2.26 bits per heavy atom. The third-order valence-corrected chi connectivity index (χ3v) is 4.10. The molecule has 2 aliphatic heterocycles. The highest BCUT2D eigenvalue weighted by molar-refractivity contribution is 5.85. The Morgan fingerprint density at radius 1 is 1.42 bits per heavy atom. The maximum Gasteiger partial charge on any atom is 0.333 e. The predicted molar refractivity (Wildman–Crippen MR) is 70.5 cm³/mol. The first-order valence-electron chi connectivity index (χ1n) is 6.42. The summed E-state index contributed by atoms with van der Waals surface area (Å²) >= 11 is 0. The molecule has 1 atom stereocenters. The van der Waals surface area contributed by atoms with Gasteiger partial charge in [0.25, 0.3) is 0 Å². The van der Waals surface area contributed by atoms with Crippen molar-refractivity contribution in [1.29, 1.82) is 0 Å². The lowest BCUT2D eigenvalue weighted by molar-refractivity contribution is 0.0558. The van der Waals surface area contributed by atoms with Crippen LogP contribution < -0.4 is 5.32 Å². The molecule has 0 aliphatic carbocycles. The van der Waals surface area contributed by atoms with E-state index in [1.807, 2.05) is 0 Å². The second-order valence-corrected chi connectivity index (χ2v) is 5.45. The van der Waals surface area contributed by atoms with Gasteiger partial charge in [0.05, 0.1) is 5.69 Å². The molecule has 0 bridgehead atoms. The lowest BCUT2D eigenvalue weighted by Gasteiger charge is -2.22. The minimum atomic E-state index is -2.54. The first kappa shape index (κ1) is 14.7. The van der Waals surface area contributed by atoms with Gasteiger partial charge in [0.1, 0.15) is 0 Å². The molecule has 0 radical (unpaired) electrons. The SMILES string of the molecule is Cl.FC(F)n1ccc(CN2CCC3(CCNC3)C2)n1. The summed E-state index contributed by atoms with van der Waals surface area (Å²) < 4.78 is 25.5. The van der Waals surface area contributed by atoms with Gasteiger partial charge in [-0.1, -0.05) is 0 Å². The van der Waals surface area contributed by atoms with E-state index >= 15 is 0 Å². The Balaban J connectivity index is 0.00000133. The van der Waals surface area contributed by atoms with Gasteiger partial charge in [0, 0.05) is 25.8 Å². The van der Waals surface area contributed by atoms with Gasteiger partial charge in [-0.15, -0.1) is 12.4 Å². The van der Waals surface area contributed by atoms with Crippen LogP contribution in [0.2, 0.25) is 0 Å². The van der Waals surface area contributed by atoms with Crippen molar-refractivity contribution >= 4 is 12.4 Å². The van der Waals surface area contributed by atoms with Crippen molar-refractivity contribution in [3.8, 4) is 0 Å².